The number of ether oxygens (including phenoxy) is 2. The Bertz CT molecular complexity index is 798. The molecule has 2 N–H and O–H groups in total. The van der Waals surface area contributed by atoms with Gasteiger partial charge in [0.15, 0.2) is 5.43 Å². The number of nitrogens with one attached hydrogen (secondary N) is 2. The Morgan fingerprint density at radius 1 is 1.17 bits per heavy atom. The first-order valence-electron chi connectivity index (χ1n) is 7.88. The van der Waals surface area contributed by atoms with E-state index in [2.05, 4.69) is 18.1 Å². The van der Waals surface area contributed by atoms with Gasteiger partial charge in [-0.1, -0.05) is 13.2 Å². The van der Waals surface area contributed by atoms with Crippen molar-refractivity contribution in [3.63, 3.8) is 0 Å². The van der Waals surface area contributed by atoms with Crippen molar-refractivity contribution in [1.29, 1.82) is 0 Å². The summed E-state index contributed by atoms with van der Waals surface area (Å²) in [5.74, 6) is 1.19. The Hall–Kier alpha value is -2.53. The van der Waals surface area contributed by atoms with Crippen LogP contribution in [0.15, 0.2) is 42.2 Å². The van der Waals surface area contributed by atoms with Crippen molar-refractivity contribution in [2.24, 2.45) is 0 Å². The minimum atomic E-state index is 0.00377. The summed E-state index contributed by atoms with van der Waals surface area (Å²) in [5.41, 5.74) is 2.31. The topological polar surface area (TPSA) is 55.8 Å². The molecule has 0 saturated carbocycles. The number of quaternary nitrogens is 1. The number of pyridine rings is 1. The zero-order valence-corrected chi connectivity index (χ0v) is 14.6. The Balaban J connectivity index is 2.61. The molecule has 1 aromatic carbocycles. The summed E-state index contributed by atoms with van der Waals surface area (Å²) in [6.07, 6.45) is 3.71. The van der Waals surface area contributed by atoms with Gasteiger partial charge in [0.25, 0.3) is 0 Å². The Labute approximate surface area is 142 Å². The van der Waals surface area contributed by atoms with Gasteiger partial charge in [-0.3, -0.25) is 4.79 Å². The first-order chi connectivity index (χ1) is 11.5. The van der Waals surface area contributed by atoms with Crippen molar-refractivity contribution in [2.45, 2.75) is 13.5 Å². The van der Waals surface area contributed by atoms with E-state index < -0.39 is 0 Å². The summed E-state index contributed by atoms with van der Waals surface area (Å²) in [7, 11) is 3.15. The summed E-state index contributed by atoms with van der Waals surface area (Å²) in [6, 6.07) is 3.52. The van der Waals surface area contributed by atoms with Crippen molar-refractivity contribution in [3.8, 4) is 11.5 Å². The van der Waals surface area contributed by atoms with Crippen LogP contribution < -0.4 is 19.8 Å². The van der Waals surface area contributed by atoms with Crippen LogP contribution in [0.1, 0.15) is 11.3 Å². The third-order valence-electron chi connectivity index (χ3n) is 4.11. The van der Waals surface area contributed by atoms with E-state index in [9.17, 15) is 4.79 Å². The van der Waals surface area contributed by atoms with Gasteiger partial charge in [0.2, 0.25) is 0 Å². The van der Waals surface area contributed by atoms with Crippen molar-refractivity contribution >= 4 is 10.9 Å². The molecule has 0 aliphatic rings. The lowest BCUT2D eigenvalue weighted by molar-refractivity contribution is -0.902. The highest BCUT2D eigenvalue weighted by Crippen LogP contribution is 2.28. The lowest BCUT2D eigenvalue weighted by atomic mass is 10.1. The molecule has 1 heterocycles. The molecule has 2 aromatic rings. The van der Waals surface area contributed by atoms with Crippen LogP contribution >= 0.6 is 0 Å². The average Bonchev–Trinajstić information content (AvgIpc) is 2.58. The molecule has 0 bridgehead atoms. The SMILES string of the molecule is C=CC[NH+](CC=C)Cc1c(C)[nH]c2c(OC)cc(OC)cc2c1=O. The number of aryl methyl sites for hydroxylation is 1. The highest BCUT2D eigenvalue weighted by molar-refractivity contribution is 5.86. The third-order valence-corrected chi connectivity index (χ3v) is 4.11. The second kappa shape index (κ2) is 7.84. The monoisotopic (exact) mass is 329 g/mol. The van der Waals surface area contributed by atoms with Gasteiger partial charge in [0.05, 0.1) is 43.8 Å². The molecule has 1 aromatic heterocycles. The number of hydrogen-bond donors (Lipinski definition) is 2. The van der Waals surface area contributed by atoms with Gasteiger partial charge in [-0.05, 0) is 25.1 Å². The summed E-state index contributed by atoms with van der Waals surface area (Å²) in [6.45, 7) is 11.6. The van der Waals surface area contributed by atoms with E-state index in [1.807, 2.05) is 19.1 Å². The van der Waals surface area contributed by atoms with Gasteiger partial charge in [0, 0.05) is 11.8 Å². The summed E-state index contributed by atoms with van der Waals surface area (Å²) < 4.78 is 10.7. The molecule has 0 radical (unpaired) electrons. The predicted octanol–water partition coefficient (Wildman–Crippen LogP) is 1.61. The van der Waals surface area contributed by atoms with E-state index in [0.717, 1.165) is 24.3 Å². The molecule has 0 aliphatic carbocycles. The van der Waals surface area contributed by atoms with Gasteiger partial charge >= 0.3 is 0 Å². The predicted molar refractivity (Wildman–Crippen MR) is 97.2 cm³/mol. The maximum absolute atomic E-state index is 13.0. The van der Waals surface area contributed by atoms with Crippen LogP contribution in [0, 0.1) is 6.92 Å². The standard InChI is InChI=1S/C19H24N2O3/c1-6-8-21(9-7-2)12-16-13(3)20-18-15(19(16)22)10-14(23-4)11-17(18)24-5/h6-7,10-11H,1-2,8-9,12H2,3-5H3,(H,20,22)/p+1. The quantitative estimate of drug-likeness (QED) is 0.724. The molecular formula is C19H25N2O3+. The maximum Gasteiger partial charge on any atom is 0.198 e. The first kappa shape index (κ1) is 17.8. The lowest BCUT2D eigenvalue weighted by Crippen LogP contribution is -3.10. The minimum Gasteiger partial charge on any atom is -0.497 e. The molecule has 0 aliphatic heterocycles. The highest BCUT2D eigenvalue weighted by Gasteiger charge is 2.17. The largest absolute Gasteiger partial charge is 0.497 e. The minimum absolute atomic E-state index is 0.00377. The number of methoxy groups -OCH3 is 2. The second-order valence-electron chi connectivity index (χ2n) is 5.72. The maximum atomic E-state index is 13.0. The van der Waals surface area contributed by atoms with Gasteiger partial charge in [-0.2, -0.15) is 0 Å². The summed E-state index contributed by atoms with van der Waals surface area (Å²) >= 11 is 0. The number of H-pyrrole nitrogens is 1. The number of aromatic nitrogens is 1. The molecule has 0 saturated heterocycles. The molecule has 0 fully saturated rings. The number of aromatic amines is 1. The molecule has 24 heavy (non-hydrogen) atoms. The number of fused-ring (bicyclic) bond motifs is 1. The van der Waals surface area contributed by atoms with E-state index in [1.165, 1.54) is 4.90 Å². The van der Waals surface area contributed by atoms with Gasteiger partial charge in [-0.15, -0.1) is 0 Å². The fourth-order valence-electron chi connectivity index (χ4n) is 2.87. The molecule has 5 heteroatoms. The van der Waals surface area contributed by atoms with Crippen LogP contribution in [0.3, 0.4) is 0 Å². The van der Waals surface area contributed by atoms with E-state index in [-0.39, 0.29) is 5.43 Å². The Morgan fingerprint density at radius 3 is 2.38 bits per heavy atom. The number of rotatable bonds is 8. The van der Waals surface area contributed by atoms with Crippen molar-refractivity contribution < 1.29 is 14.4 Å². The molecule has 0 unspecified atom stereocenters. The van der Waals surface area contributed by atoms with Crippen LogP contribution in [0.4, 0.5) is 0 Å². The third kappa shape index (κ3) is 3.51. The first-order valence-corrected chi connectivity index (χ1v) is 7.88. The molecule has 128 valence electrons. The fourth-order valence-corrected chi connectivity index (χ4v) is 2.87. The lowest BCUT2D eigenvalue weighted by Gasteiger charge is -2.18. The summed E-state index contributed by atoms with van der Waals surface area (Å²) in [4.78, 5) is 17.6. The molecule has 2 rings (SSSR count). The van der Waals surface area contributed by atoms with Gasteiger partial charge < -0.3 is 19.4 Å². The van der Waals surface area contributed by atoms with Crippen LogP contribution in [-0.4, -0.2) is 32.3 Å². The van der Waals surface area contributed by atoms with Crippen molar-refractivity contribution in [3.05, 3.63) is 58.9 Å². The molecular weight excluding hydrogens is 304 g/mol. The fraction of sp³-hybridized carbons (Fsp3) is 0.316. The zero-order valence-electron chi connectivity index (χ0n) is 14.6. The van der Waals surface area contributed by atoms with Crippen LogP contribution in [0.2, 0.25) is 0 Å². The van der Waals surface area contributed by atoms with E-state index in [1.54, 1.807) is 26.4 Å². The van der Waals surface area contributed by atoms with Crippen molar-refractivity contribution in [1.82, 2.24) is 4.98 Å². The number of benzene rings is 1. The van der Waals surface area contributed by atoms with Gasteiger partial charge in [0.1, 0.15) is 18.0 Å². The van der Waals surface area contributed by atoms with Crippen LogP contribution in [0.5, 0.6) is 11.5 Å². The molecule has 5 nitrogen and oxygen atoms in total. The number of hydrogen-bond acceptors (Lipinski definition) is 3. The molecule has 0 atom stereocenters. The average molecular weight is 329 g/mol. The summed E-state index contributed by atoms with van der Waals surface area (Å²) in [5, 5.41) is 0.573. The van der Waals surface area contributed by atoms with Gasteiger partial charge in [-0.25, -0.2) is 0 Å². The van der Waals surface area contributed by atoms with Crippen molar-refractivity contribution in [2.75, 3.05) is 27.3 Å². The van der Waals surface area contributed by atoms with E-state index in [0.29, 0.717) is 28.9 Å². The normalized spacial score (nSPS) is 10.8. The molecule has 0 amide bonds. The Morgan fingerprint density at radius 2 is 1.83 bits per heavy atom. The zero-order chi connectivity index (χ0) is 17.7. The van der Waals surface area contributed by atoms with Crippen LogP contribution in [0.25, 0.3) is 10.9 Å². The molecule has 0 spiro atoms. The Kier molecular flexibility index (Phi) is 5.82. The van der Waals surface area contributed by atoms with E-state index >= 15 is 0 Å². The highest BCUT2D eigenvalue weighted by atomic mass is 16.5. The smallest absolute Gasteiger partial charge is 0.198 e. The van der Waals surface area contributed by atoms with E-state index in [4.69, 9.17) is 9.47 Å². The van der Waals surface area contributed by atoms with Crippen LogP contribution in [-0.2, 0) is 6.54 Å². The second-order valence-corrected chi connectivity index (χ2v) is 5.72.